The van der Waals surface area contributed by atoms with Crippen LogP contribution in [0.25, 0.3) is 11.1 Å². The number of halogens is 1. The van der Waals surface area contributed by atoms with Crippen molar-refractivity contribution in [3.63, 3.8) is 0 Å². The van der Waals surface area contributed by atoms with Crippen molar-refractivity contribution in [2.45, 2.75) is 0 Å². The number of carbonyl (C=O) groups excluding carboxylic acids is 1. The molecule has 2 aromatic carbocycles. The number of nitrogens with two attached hydrogens (primary N) is 1. The molecule has 0 aliphatic heterocycles. The molecule has 0 spiro atoms. The van der Waals surface area contributed by atoms with Gasteiger partial charge in [0.25, 0.3) is 5.91 Å². The van der Waals surface area contributed by atoms with Gasteiger partial charge in [0.15, 0.2) is 0 Å². The summed E-state index contributed by atoms with van der Waals surface area (Å²) >= 11 is 0. The van der Waals surface area contributed by atoms with Gasteiger partial charge in [0.05, 0.1) is 12.7 Å². The van der Waals surface area contributed by atoms with Crippen molar-refractivity contribution in [2.24, 2.45) is 5.73 Å². The number of amides is 1. The first-order valence-corrected chi connectivity index (χ1v) is 5.49. The van der Waals surface area contributed by atoms with Gasteiger partial charge in [0.1, 0.15) is 17.3 Å². The van der Waals surface area contributed by atoms with E-state index in [0.717, 1.165) is 0 Å². The molecule has 0 bridgehead atoms. The van der Waals surface area contributed by atoms with Crippen LogP contribution in [0, 0.1) is 5.82 Å². The first-order valence-electron chi connectivity index (χ1n) is 5.49. The van der Waals surface area contributed by atoms with E-state index in [4.69, 9.17) is 10.5 Å². The second-order valence-corrected chi connectivity index (χ2v) is 3.94. The number of primary amides is 1. The molecule has 0 saturated heterocycles. The molecule has 1 amide bonds. The Morgan fingerprint density at radius 3 is 2.63 bits per heavy atom. The molecule has 0 heterocycles. The third-order valence-corrected chi connectivity index (χ3v) is 2.75. The molecule has 0 saturated carbocycles. The number of hydrogen-bond acceptors (Lipinski definition) is 3. The van der Waals surface area contributed by atoms with Gasteiger partial charge in [0.2, 0.25) is 0 Å². The number of phenols is 1. The molecular weight excluding hydrogens is 249 g/mol. The molecular formula is C14H12FNO3. The summed E-state index contributed by atoms with van der Waals surface area (Å²) in [5, 5.41) is 9.50. The first kappa shape index (κ1) is 12.9. The van der Waals surface area contributed by atoms with E-state index >= 15 is 0 Å². The summed E-state index contributed by atoms with van der Waals surface area (Å²) in [6.07, 6.45) is 0. The second-order valence-electron chi connectivity index (χ2n) is 3.94. The van der Waals surface area contributed by atoms with Gasteiger partial charge in [-0.3, -0.25) is 4.79 Å². The fraction of sp³-hybridized carbons (Fsp3) is 0.0714. The Labute approximate surface area is 109 Å². The van der Waals surface area contributed by atoms with E-state index in [1.54, 1.807) is 0 Å². The molecule has 5 heteroatoms. The number of rotatable bonds is 3. The lowest BCUT2D eigenvalue weighted by atomic mass is 10.0. The fourth-order valence-corrected chi connectivity index (χ4v) is 1.75. The summed E-state index contributed by atoms with van der Waals surface area (Å²) in [6.45, 7) is 0. The minimum atomic E-state index is -0.775. The van der Waals surface area contributed by atoms with Crippen LogP contribution in [0.15, 0.2) is 36.4 Å². The van der Waals surface area contributed by atoms with Crippen molar-refractivity contribution in [1.29, 1.82) is 0 Å². The van der Waals surface area contributed by atoms with Crippen molar-refractivity contribution in [2.75, 3.05) is 7.11 Å². The molecule has 0 aliphatic rings. The smallest absolute Gasteiger partial charge is 0.252 e. The summed E-state index contributed by atoms with van der Waals surface area (Å²) < 4.78 is 18.8. The van der Waals surface area contributed by atoms with Crippen LogP contribution in [0.4, 0.5) is 4.39 Å². The first-order chi connectivity index (χ1) is 9.02. The number of methoxy groups -OCH3 is 1. The predicted molar refractivity (Wildman–Crippen MR) is 68.6 cm³/mol. The van der Waals surface area contributed by atoms with Crippen LogP contribution in [0.5, 0.6) is 11.5 Å². The molecule has 19 heavy (non-hydrogen) atoms. The van der Waals surface area contributed by atoms with Gasteiger partial charge in [-0.05, 0) is 35.9 Å². The lowest BCUT2D eigenvalue weighted by Gasteiger charge is -2.08. The number of aromatic hydroxyl groups is 1. The van der Waals surface area contributed by atoms with Gasteiger partial charge in [-0.1, -0.05) is 6.07 Å². The Kier molecular flexibility index (Phi) is 3.37. The molecule has 0 aromatic heterocycles. The lowest BCUT2D eigenvalue weighted by Crippen LogP contribution is -2.11. The van der Waals surface area contributed by atoms with Gasteiger partial charge < -0.3 is 15.6 Å². The third-order valence-electron chi connectivity index (χ3n) is 2.75. The van der Waals surface area contributed by atoms with Crippen LogP contribution in [-0.4, -0.2) is 18.1 Å². The van der Waals surface area contributed by atoms with E-state index in [1.165, 1.54) is 43.5 Å². The van der Waals surface area contributed by atoms with Crippen LogP contribution in [0.3, 0.4) is 0 Å². The minimum absolute atomic E-state index is 0.0558. The van der Waals surface area contributed by atoms with Crippen LogP contribution >= 0.6 is 0 Å². The molecule has 0 radical (unpaired) electrons. The van der Waals surface area contributed by atoms with Crippen molar-refractivity contribution in [3.05, 3.63) is 47.8 Å². The molecule has 0 aliphatic carbocycles. The molecule has 2 rings (SSSR count). The molecule has 3 N–H and O–H groups in total. The maximum atomic E-state index is 13.8. The topological polar surface area (TPSA) is 72.6 Å². The number of carbonyl (C=O) groups is 1. The van der Waals surface area contributed by atoms with E-state index in [2.05, 4.69) is 0 Å². The van der Waals surface area contributed by atoms with E-state index in [0.29, 0.717) is 11.3 Å². The SMILES string of the molecule is COc1ccc(F)c(-c2ccc(O)c(C(N)=O)c2)c1. The van der Waals surface area contributed by atoms with Gasteiger partial charge in [-0.25, -0.2) is 4.39 Å². The average molecular weight is 261 g/mol. The highest BCUT2D eigenvalue weighted by atomic mass is 19.1. The van der Waals surface area contributed by atoms with Gasteiger partial charge >= 0.3 is 0 Å². The van der Waals surface area contributed by atoms with Crippen molar-refractivity contribution >= 4 is 5.91 Å². The van der Waals surface area contributed by atoms with E-state index in [9.17, 15) is 14.3 Å². The van der Waals surface area contributed by atoms with Crippen LogP contribution < -0.4 is 10.5 Å². The summed E-state index contributed by atoms with van der Waals surface area (Å²) in [4.78, 5) is 11.2. The maximum absolute atomic E-state index is 13.8. The van der Waals surface area contributed by atoms with Gasteiger partial charge in [-0.2, -0.15) is 0 Å². The zero-order valence-corrected chi connectivity index (χ0v) is 10.2. The van der Waals surface area contributed by atoms with Crippen molar-refractivity contribution in [1.82, 2.24) is 0 Å². The third kappa shape index (κ3) is 2.49. The monoisotopic (exact) mass is 261 g/mol. The predicted octanol–water partition coefficient (Wildman–Crippen LogP) is 2.31. The quantitative estimate of drug-likeness (QED) is 0.890. The fourth-order valence-electron chi connectivity index (χ4n) is 1.75. The normalized spacial score (nSPS) is 10.2. The average Bonchev–Trinajstić information content (AvgIpc) is 2.40. The van der Waals surface area contributed by atoms with Crippen LogP contribution in [-0.2, 0) is 0 Å². The van der Waals surface area contributed by atoms with Crippen molar-refractivity contribution in [3.8, 4) is 22.6 Å². The van der Waals surface area contributed by atoms with E-state index in [1.807, 2.05) is 0 Å². The second kappa shape index (κ2) is 4.97. The van der Waals surface area contributed by atoms with Crippen LogP contribution in [0.1, 0.15) is 10.4 Å². The van der Waals surface area contributed by atoms with Gasteiger partial charge in [0, 0.05) is 5.56 Å². The van der Waals surface area contributed by atoms with E-state index < -0.39 is 11.7 Å². The molecule has 0 unspecified atom stereocenters. The zero-order valence-electron chi connectivity index (χ0n) is 10.2. The maximum Gasteiger partial charge on any atom is 0.252 e. The minimum Gasteiger partial charge on any atom is -0.507 e. The molecule has 4 nitrogen and oxygen atoms in total. The Morgan fingerprint density at radius 1 is 1.26 bits per heavy atom. The Hall–Kier alpha value is -2.56. The Morgan fingerprint density at radius 2 is 2.00 bits per heavy atom. The Bertz CT molecular complexity index is 641. The van der Waals surface area contributed by atoms with Gasteiger partial charge in [-0.15, -0.1) is 0 Å². The van der Waals surface area contributed by atoms with Crippen molar-refractivity contribution < 1.29 is 19.0 Å². The molecule has 0 fully saturated rings. The summed E-state index contributed by atoms with van der Waals surface area (Å²) in [5.74, 6) is -0.978. The van der Waals surface area contributed by atoms with Crippen LogP contribution in [0.2, 0.25) is 0 Å². The van der Waals surface area contributed by atoms with E-state index in [-0.39, 0.29) is 16.9 Å². The Balaban J connectivity index is 2.59. The number of benzene rings is 2. The lowest BCUT2D eigenvalue weighted by molar-refractivity contribution is 0.0998. The highest BCUT2D eigenvalue weighted by Crippen LogP contribution is 2.30. The zero-order chi connectivity index (χ0) is 14.0. The summed E-state index contributed by atoms with van der Waals surface area (Å²) in [7, 11) is 1.47. The largest absolute Gasteiger partial charge is 0.507 e. The highest BCUT2D eigenvalue weighted by Gasteiger charge is 2.12. The molecule has 0 atom stereocenters. The number of hydrogen-bond donors (Lipinski definition) is 2. The summed E-state index contributed by atoms with van der Waals surface area (Å²) in [6, 6.07) is 8.41. The molecule has 2 aromatic rings. The number of ether oxygens (including phenoxy) is 1. The molecule has 98 valence electrons. The highest BCUT2D eigenvalue weighted by molar-refractivity contribution is 5.96. The standard InChI is InChI=1S/C14H12FNO3/c1-19-9-3-4-12(15)10(7-9)8-2-5-13(17)11(6-8)14(16)18/h2-7,17H,1H3,(H2,16,18). The summed E-state index contributed by atoms with van der Waals surface area (Å²) in [5.41, 5.74) is 5.78.